The molecule has 0 aromatic rings. The number of carbonyl (C=O) groups is 1. The number of unbranched alkanes of at least 4 members (excludes halogenated alkanes) is 22. The normalized spacial score (nSPS) is 13.9. The van der Waals surface area contributed by atoms with Crippen LogP contribution in [-0.4, -0.2) is 49.9 Å². The SMILES string of the molecule is CCC/C=C\C/C=C\CCCCCCCC(=O)OC(COCCCCCCCCCCCCC/C=C\C/C=C\C/C=C\CCCCCCC)COP(=O)(O)OCCN. The fourth-order valence-corrected chi connectivity index (χ4v) is 7.16. The van der Waals surface area contributed by atoms with Gasteiger partial charge in [-0.25, -0.2) is 4.57 Å². The molecule has 8 nitrogen and oxygen atoms in total. The molecule has 2 unspecified atom stereocenters. The average Bonchev–Trinajstić information content (AvgIpc) is 3.21. The highest BCUT2D eigenvalue weighted by molar-refractivity contribution is 7.47. The molecular formula is C49H90NO7P. The zero-order valence-electron chi connectivity index (χ0n) is 37.5. The molecule has 0 aliphatic carbocycles. The van der Waals surface area contributed by atoms with Gasteiger partial charge in [0.25, 0.3) is 0 Å². The van der Waals surface area contributed by atoms with E-state index in [1.165, 1.54) is 109 Å². The second-order valence-corrected chi connectivity index (χ2v) is 17.1. The Hall–Kier alpha value is -1.80. The molecule has 0 rings (SSSR count). The summed E-state index contributed by atoms with van der Waals surface area (Å²) in [5.41, 5.74) is 5.37. The maximum atomic E-state index is 12.6. The van der Waals surface area contributed by atoms with Crippen LogP contribution in [0.15, 0.2) is 60.8 Å². The number of allylic oxidation sites excluding steroid dienone is 10. The lowest BCUT2D eigenvalue weighted by Crippen LogP contribution is -2.28. The average molecular weight is 836 g/mol. The first-order chi connectivity index (χ1) is 28.4. The van der Waals surface area contributed by atoms with Crippen molar-refractivity contribution in [1.82, 2.24) is 0 Å². The van der Waals surface area contributed by atoms with Crippen molar-refractivity contribution in [3.8, 4) is 0 Å². The Morgan fingerprint density at radius 1 is 0.517 bits per heavy atom. The van der Waals surface area contributed by atoms with Crippen LogP contribution in [0.25, 0.3) is 0 Å². The second kappa shape index (κ2) is 46.3. The summed E-state index contributed by atoms with van der Waals surface area (Å²) in [5.74, 6) is -0.347. The molecule has 0 aliphatic heterocycles. The van der Waals surface area contributed by atoms with Crippen molar-refractivity contribution in [2.45, 2.75) is 213 Å². The van der Waals surface area contributed by atoms with Crippen molar-refractivity contribution in [2.24, 2.45) is 5.73 Å². The van der Waals surface area contributed by atoms with E-state index < -0.39 is 13.9 Å². The van der Waals surface area contributed by atoms with Crippen LogP contribution in [0.2, 0.25) is 0 Å². The van der Waals surface area contributed by atoms with E-state index in [1.54, 1.807) is 0 Å². The molecule has 9 heteroatoms. The monoisotopic (exact) mass is 836 g/mol. The topological polar surface area (TPSA) is 117 Å². The van der Waals surface area contributed by atoms with Crippen LogP contribution in [-0.2, 0) is 27.9 Å². The van der Waals surface area contributed by atoms with Gasteiger partial charge in [0.05, 0.1) is 19.8 Å². The molecule has 2 atom stereocenters. The van der Waals surface area contributed by atoms with Gasteiger partial charge < -0.3 is 20.1 Å². The molecule has 0 bridgehead atoms. The molecule has 0 radical (unpaired) electrons. The molecule has 338 valence electrons. The van der Waals surface area contributed by atoms with Gasteiger partial charge in [-0.15, -0.1) is 0 Å². The predicted octanol–water partition coefficient (Wildman–Crippen LogP) is 14.5. The first-order valence-corrected chi connectivity index (χ1v) is 25.3. The first kappa shape index (κ1) is 56.2. The smallest absolute Gasteiger partial charge is 0.457 e. The van der Waals surface area contributed by atoms with Crippen LogP contribution in [0, 0.1) is 0 Å². The van der Waals surface area contributed by atoms with Gasteiger partial charge in [-0.3, -0.25) is 13.8 Å². The van der Waals surface area contributed by atoms with E-state index in [1.807, 2.05) is 0 Å². The number of phosphoric ester groups is 1. The molecule has 58 heavy (non-hydrogen) atoms. The van der Waals surface area contributed by atoms with Crippen molar-refractivity contribution < 1.29 is 32.8 Å². The van der Waals surface area contributed by atoms with E-state index in [9.17, 15) is 14.3 Å². The number of nitrogens with two attached hydrogens (primary N) is 1. The van der Waals surface area contributed by atoms with Crippen LogP contribution < -0.4 is 5.73 Å². The lowest BCUT2D eigenvalue weighted by atomic mass is 10.1. The zero-order chi connectivity index (χ0) is 42.3. The summed E-state index contributed by atoms with van der Waals surface area (Å²) in [5, 5.41) is 0. The number of ether oxygens (including phenoxy) is 2. The summed E-state index contributed by atoms with van der Waals surface area (Å²) < 4.78 is 33.5. The number of phosphoric acid groups is 1. The van der Waals surface area contributed by atoms with E-state index in [0.717, 1.165) is 77.0 Å². The second-order valence-electron chi connectivity index (χ2n) is 15.6. The number of hydrogen-bond acceptors (Lipinski definition) is 7. The Morgan fingerprint density at radius 3 is 1.43 bits per heavy atom. The third-order valence-corrected chi connectivity index (χ3v) is 10.9. The van der Waals surface area contributed by atoms with Crippen molar-refractivity contribution in [1.29, 1.82) is 0 Å². The maximum Gasteiger partial charge on any atom is 0.472 e. The third kappa shape index (κ3) is 45.3. The largest absolute Gasteiger partial charge is 0.472 e. The minimum atomic E-state index is -4.28. The van der Waals surface area contributed by atoms with E-state index >= 15 is 0 Å². The lowest BCUT2D eigenvalue weighted by Gasteiger charge is -2.20. The van der Waals surface area contributed by atoms with Crippen molar-refractivity contribution in [3.05, 3.63) is 60.8 Å². The van der Waals surface area contributed by atoms with Crippen LogP contribution in [0.5, 0.6) is 0 Å². The molecule has 0 amide bonds. The Balaban J connectivity index is 3.93. The molecule has 0 heterocycles. The van der Waals surface area contributed by atoms with Crippen molar-refractivity contribution >= 4 is 13.8 Å². The van der Waals surface area contributed by atoms with Crippen LogP contribution in [0.4, 0.5) is 0 Å². The highest BCUT2D eigenvalue weighted by atomic mass is 31.2. The standard InChI is InChI=1S/C49H90NO7P/c1-3-5-7-9-11-13-15-17-18-19-20-21-22-23-24-25-26-27-28-29-31-33-35-37-39-41-44-54-46-48(47-56-58(52,53)55-45-43-50)57-49(51)42-40-38-36-34-32-30-16-14-12-10-8-6-4-2/h8,10,14-17,19-20,22-23,48H,3-7,9,11-13,18,21,24-47,50H2,1-2H3,(H,52,53)/b10-8-,16-14-,17-15-,20-19-,23-22-. The maximum absolute atomic E-state index is 12.6. The molecular weight excluding hydrogens is 746 g/mol. The van der Waals surface area contributed by atoms with E-state index in [0.29, 0.717) is 13.0 Å². The molecule has 0 spiro atoms. The minimum absolute atomic E-state index is 0.0953. The Morgan fingerprint density at radius 2 is 0.948 bits per heavy atom. The number of carbonyl (C=O) groups excluding carboxylic acids is 1. The molecule has 0 saturated heterocycles. The van der Waals surface area contributed by atoms with Gasteiger partial charge in [0.1, 0.15) is 6.10 Å². The van der Waals surface area contributed by atoms with Gasteiger partial charge in [-0.05, 0) is 77.0 Å². The zero-order valence-corrected chi connectivity index (χ0v) is 38.4. The van der Waals surface area contributed by atoms with Gasteiger partial charge in [0, 0.05) is 19.6 Å². The van der Waals surface area contributed by atoms with Crippen LogP contribution in [0.1, 0.15) is 206 Å². The van der Waals surface area contributed by atoms with Gasteiger partial charge in [-0.1, -0.05) is 184 Å². The summed E-state index contributed by atoms with van der Waals surface area (Å²) in [7, 11) is -4.28. The lowest BCUT2D eigenvalue weighted by molar-refractivity contribution is -0.154. The van der Waals surface area contributed by atoms with Gasteiger partial charge >= 0.3 is 13.8 Å². The summed E-state index contributed by atoms with van der Waals surface area (Å²) in [4.78, 5) is 22.5. The molecule has 0 aliphatic rings. The Labute approximate surface area is 357 Å². The molecule has 0 aromatic heterocycles. The number of hydrogen-bond donors (Lipinski definition) is 2. The van der Waals surface area contributed by atoms with Crippen LogP contribution >= 0.6 is 7.82 Å². The summed E-state index contributed by atoms with van der Waals surface area (Å²) in [6, 6.07) is 0. The van der Waals surface area contributed by atoms with Gasteiger partial charge in [-0.2, -0.15) is 0 Å². The highest BCUT2D eigenvalue weighted by Gasteiger charge is 2.25. The fourth-order valence-electron chi connectivity index (χ4n) is 6.39. The summed E-state index contributed by atoms with van der Waals surface area (Å²) in [6.07, 6.45) is 56.8. The van der Waals surface area contributed by atoms with Crippen molar-refractivity contribution in [3.63, 3.8) is 0 Å². The number of rotatable bonds is 45. The Kier molecular flexibility index (Phi) is 44.8. The molecule has 0 aromatic carbocycles. The Bertz CT molecular complexity index is 1070. The van der Waals surface area contributed by atoms with E-state index in [-0.39, 0.29) is 32.3 Å². The van der Waals surface area contributed by atoms with E-state index in [2.05, 4.69) is 74.6 Å². The van der Waals surface area contributed by atoms with Crippen molar-refractivity contribution in [2.75, 3.05) is 33.0 Å². The third-order valence-electron chi connectivity index (χ3n) is 9.89. The molecule has 0 fully saturated rings. The van der Waals surface area contributed by atoms with Gasteiger partial charge in [0.2, 0.25) is 0 Å². The molecule has 3 N–H and O–H groups in total. The van der Waals surface area contributed by atoms with Gasteiger partial charge in [0.15, 0.2) is 0 Å². The highest BCUT2D eigenvalue weighted by Crippen LogP contribution is 2.43. The quantitative estimate of drug-likeness (QED) is 0.0269. The van der Waals surface area contributed by atoms with E-state index in [4.69, 9.17) is 24.3 Å². The summed E-state index contributed by atoms with van der Waals surface area (Å²) in [6.45, 7) is 4.82. The van der Waals surface area contributed by atoms with Crippen LogP contribution in [0.3, 0.4) is 0 Å². The number of esters is 1. The fraction of sp³-hybridized carbons (Fsp3) is 0.776. The molecule has 0 saturated carbocycles. The minimum Gasteiger partial charge on any atom is -0.457 e. The predicted molar refractivity (Wildman–Crippen MR) is 247 cm³/mol. The first-order valence-electron chi connectivity index (χ1n) is 23.8. The summed E-state index contributed by atoms with van der Waals surface area (Å²) >= 11 is 0.